The van der Waals surface area contributed by atoms with Crippen molar-refractivity contribution in [3.05, 3.63) is 154 Å². The molecule has 0 bridgehead atoms. The predicted octanol–water partition coefficient (Wildman–Crippen LogP) is 10.5. The van der Waals surface area contributed by atoms with Crippen LogP contribution in [0.15, 0.2) is 121 Å². The monoisotopic (exact) mass is 639 g/mol. The molecule has 0 radical (unpaired) electrons. The summed E-state index contributed by atoms with van der Waals surface area (Å²) >= 11 is 0. The Bertz CT molecular complexity index is 2710. The molecule has 0 N–H and O–H groups in total. The third-order valence-corrected chi connectivity index (χ3v) is 10.2. The lowest BCUT2D eigenvalue weighted by Crippen LogP contribution is -2.06. The minimum absolute atomic E-state index is 0.615. The van der Waals surface area contributed by atoms with E-state index < -0.39 is 0 Å². The van der Waals surface area contributed by atoms with E-state index in [4.69, 9.17) is 0 Å². The molecule has 2 aromatic heterocycles. The van der Waals surface area contributed by atoms with Crippen LogP contribution in [0.25, 0.3) is 67.6 Å². The van der Waals surface area contributed by atoms with E-state index in [9.17, 15) is 15.8 Å². The van der Waals surface area contributed by atoms with E-state index in [1.54, 1.807) is 0 Å². The van der Waals surface area contributed by atoms with Crippen molar-refractivity contribution < 1.29 is 0 Å². The second-order valence-corrected chi connectivity index (χ2v) is 12.9. The fourth-order valence-corrected chi connectivity index (χ4v) is 7.94. The molecule has 5 heteroatoms. The van der Waals surface area contributed by atoms with Gasteiger partial charge in [-0.05, 0) is 114 Å². The highest BCUT2D eigenvalue weighted by Crippen LogP contribution is 2.41. The van der Waals surface area contributed by atoms with Crippen LogP contribution < -0.4 is 0 Å². The van der Waals surface area contributed by atoms with Crippen LogP contribution in [0.5, 0.6) is 0 Å². The van der Waals surface area contributed by atoms with Crippen molar-refractivity contribution in [2.45, 2.75) is 25.7 Å². The van der Waals surface area contributed by atoms with Gasteiger partial charge in [0.2, 0.25) is 0 Å². The van der Waals surface area contributed by atoms with Crippen LogP contribution in [0.3, 0.4) is 0 Å². The Kier molecular flexibility index (Phi) is 6.84. The van der Waals surface area contributed by atoms with Gasteiger partial charge >= 0.3 is 0 Å². The summed E-state index contributed by atoms with van der Waals surface area (Å²) in [5.74, 6) is 0. The number of aromatic nitrogens is 2. The van der Waals surface area contributed by atoms with Gasteiger partial charge in [0, 0.05) is 33.3 Å². The zero-order valence-corrected chi connectivity index (χ0v) is 27.2. The minimum atomic E-state index is 0.615. The van der Waals surface area contributed by atoms with Crippen molar-refractivity contribution in [3.63, 3.8) is 0 Å². The molecule has 234 valence electrons. The smallest absolute Gasteiger partial charge is 0.0998 e. The molecule has 0 amide bonds. The Balaban J connectivity index is 1.12. The lowest BCUT2D eigenvalue weighted by atomic mass is 9.91. The van der Waals surface area contributed by atoms with E-state index in [0.29, 0.717) is 11.1 Å². The van der Waals surface area contributed by atoms with Gasteiger partial charge < -0.3 is 9.13 Å². The predicted molar refractivity (Wildman–Crippen MR) is 200 cm³/mol. The van der Waals surface area contributed by atoms with E-state index in [2.05, 4.69) is 106 Å². The topological polar surface area (TPSA) is 81.2 Å². The van der Waals surface area contributed by atoms with Gasteiger partial charge in [-0.2, -0.15) is 15.8 Å². The number of benzene rings is 5. The molecule has 2 aliphatic carbocycles. The number of nitriles is 3. The molecule has 7 aromatic rings. The number of allylic oxidation sites excluding steroid dienone is 2. The Morgan fingerprint density at radius 3 is 2.08 bits per heavy atom. The van der Waals surface area contributed by atoms with Crippen molar-refractivity contribution in [2.75, 3.05) is 0 Å². The lowest BCUT2D eigenvalue weighted by Gasteiger charge is -2.19. The SMILES string of the molecule is N#CC1=Cc2c(c3c(n2-c2cccc(C#N)c2-c2ccc(-c4ccc(-n5c6ccccc6c6cc(C#N)ccc65)cc4)cc2)C=CCC3)CC1. The standard InChI is InChI=1S/C45H29N5/c46-26-29-13-23-42-39(24-29)37-8-2-3-9-40(37)49(42)35-20-18-32(19-21-35)31-14-16-33(17-15-31)45-34(28-48)6-5-11-43(45)50-41-10-4-1-7-36(41)38-22-12-30(27-47)25-44(38)50/h2-6,8-11,13-21,23-25H,1,7,12,22H2. The summed E-state index contributed by atoms with van der Waals surface area (Å²) in [6.07, 6.45) is 10.1. The van der Waals surface area contributed by atoms with Crippen molar-refractivity contribution in [2.24, 2.45) is 0 Å². The van der Waals surface area contributed by atoms with Gasteiger partial charge in [0.05, 0.1) is 51.7 Å². The molecule has 50 heavy (non-hydrogen) atoms. The van der Waals surface area contributed by atoms with Gasteiger partial charge in [-0.1, -0.05) is 66.7 Å². The number of hydrogen-bond donors (Lipinski definition) is 0. The van der Waals surface area contributed by atoms with Gasteiger partial charge in [-0.15, -0.1) is 0 Å². The van der Waals surface area contributed by atoms with Crippen molar-refractivity contribution in [1.82, 2.24) is 9.13 Å². The molecule has 0 aliphatic heterocycles. The molecule has 0 spiro atoms. The molecular weight excluding hydrogens is 611 g/mol. The first-order chi connectivity index (χ1) is 24.7. The Hall–Kier alpha value is -6.87. The van der Waals surface area contributed by atoms with E-state index in [1.807, 2.05) is 48.5 Å². The van der Waals surface area contributed by atoms with Crippen LogP contribution >= 0.6 is 0 Å². The van der Waals surface area contributed by atoms with Gasteiger partial charge in [-0.3, -0.25) is 0 Å². The molecule has 2 heterocycles. The lowest BCUT2D eigenvalue weighted by molar-refractivity contribution is 0.906. The van der Waals surface area contributed by atoms with Crippen molar-refractivity contribution >= 4 is 34.0 Å². The van der Waals surface area contributed by atoms with E-state index in [0.717, 1.165) is 98.1 Å². The summed E-state index contributed by atoms with van der Waals surface area (Å²) in [4.78, 5) is 0. The molecular formula is C45H29N5. The third-order valence-electron chi connectivity index (χ3n) is 10.2. The quantitative estimate of drug-likeness (QED) is 0.192. The Morgan fingerprint density at radius 2 is 1.30 bits per heavy atom. The summed E-state index contributed by atoms with van der Waals surface area (Å²) in [6, 6.07) is 44.3. The Labute approximate surface area is 290 Å². The maximum absolute atomic E-state index is 10.3. The number of fused-ring (bicyclic) bond motifs is 6. The van der Waals surface area contributed by atoms with Crippen LogP contribution in [0, 0.1) is 34.0 Å². The number of hydrogen-bond acceptors (Lipinski definition) is 3. The van der Waals surface area contributed by atoms with E-state index >= 15 is 0 Å². The molecule has 0 saturated carbocycles. The van der Waals surface area contributed by atoms with Crippen LogP contribution in [0.1, 0.15) is 46.5 Å². The first-order valence-corrected chi connectivity index (χ1v) is 16.9. The molecule has 0 unspecified atom stereocenters. The van der Waals surface area contributed by atoms with Crippen molar-refractivity contribution in [1.29, 1.82) is 15.8 Å². The number of nitrogens with zero attached hydrogens (tertiary/aromatic N) is 5. The van der Waals surface area contributed by atoms with Gasteiger partial charge in [-0.25, -0.2) is 0 Å². The summed E-state index contributed by atoms with van der Waals surface area (Å²) < 4.78 is 4.52. The van der Waals surface area contributed by atoms with Gasteiger partial charge in [0.1, 0.15) is 0 Å². The van der Waals surface area contributed by atoms with E-state index in [1.165, 1.54) is 11.1 Å². The molecule has 0 fully saturated rings. The molecule has 5 aromatic carbocycles. The average Bonchev–Trinajstić information content (AvgIpc) is 3.69. The minimum Gasteiger partial charge on any atom is -0.309 e. The average molecular weight is 640 g/mol. The van der Waals surface area contributed by atoms with Gasteiger partial charge in [0.25, 0.3) is 0 Å². The van der Waals surface area contributed by atoms with Crippen LogP contribution in [0.4, 0.5) is 0 Å². The number of para-hydroxylation sites is 1. The molecule has 0 saturated heterocycles. The van der Waals surface area contributed by atoms with Gasteiger partial charge in [0.15, 0.2) is 0 Å². The van der Waals surface area contributed by atoms with Crippen molar-refractivity contribution in [3.8, 4) is 51.8 Å². The van der Waals surface area contributed by atoms with Crippen LogP contribution in [0.2, 0.25) is 0 Å². The largest absolute Gasteiger partial charge is 0.309 e. The zero-order chi connectivity index (χ0) is 33.8. The summed E-state index contributed by atoms with van der Waals surface area (Å²) in [7, 11) is 0. The highest BCUT2D eigenvalue weighted by molar-refractivity contribution is 6.09. The first-order valence-electron chi connectivity index (χ1n) is 16.9. The Morgan fingerprint density at radius 1 is 0.560 bits per heavy atom. The highest BCUT2D eigenvalue weighted by atomic mass is 15.0. The summed E-state index contributed by atoms with van der Waals surface area (Å²) in [5, 5.41) is 31.8. The van der Waals surface area contributed by atoms with Crippen LogP contribution in [-0.2, 0) is 12.8 Å². The fourth-order valence-electron chi connectivity index (χ4n) is 7.94. The normalized spacial score (nSPS) is 13.3. The second-order valence-electron chi connectivity index (χ2n) is 12.9. The van der Waals surface area contributed by atoms with E-state index in [-0.39, 0.29) is 0 Å². The maximum Gasteiger partial charge on any atom is 0.0998 e. The highest BCUT2D eigenvalue weighted by Gasteiger charge is 2.27. The molecule has 0 atom stereocenters. The molecule has 9 rings (SSSR count). The summed E-state index contributed by atoms with van der Waals surface area (Å²) in [5.41, 5.74) is 15.1. The number of rotatable bonds is 4. The van der Waals surface area contributed by atoms with Crippen LogP contribution in [-0.4, -0.2) is 9.13 Å². The first kappa shape index (κ1) is 29.3. The third kappa shape index (κ3) is 4.51. The summed E-state index contributed by atoms with van der Waals surface area (Å²) in [6.45, 7) is 0. The maximum atomic E-state index is 10.3. The second kappa shape index (κ2) is 11.7. The molecule has 2 aliphatic rings. The zero-order valence-electron chi connectivity index (χ0n) is 27.2. The fraction of sp³-hybridized carbons (Fsp3) is 0.0889. The molecule has 5 nitrogen and oxygen atoms in total.